The van der Waals surface area contributed by atoms with Crippen LogP contribution in [0, 0.1) is 0 Å². The number of rotatable bonds is 6. The van der Waals surface area contributed by atoms with Gasteiger partial charge >= 0.3 is 0 Å². The highest BCUT2D eigenvalue weighted by Crippen LogP contribution is 2.46. The van der Waals surface area contributed by atoms with E-state index < -0.39 is 0 Å². The number of benzene rings is 9. The molecule has 0 saturated carbocycles. The molecular weight excluding hydrogens is 671 g/mol. The van der Waals surface area contributed by atoms with Crippen molar-refractivity contribution in [3.63, 3.8) is 0 Å². The second-order valence-electron chi connectivity index (χ2n) is 14.1. The van der Waals surface area contributed by atoms with Gasteiger partial charge in [-0.15, -0.1) is 0 Å². The van der Waals surface area contributed by atoms with Crippen LogP contribution in [0.25, 0.3) is 88.0 Å². The zero-order valence-corrected chi connectivity index (χ0v) is 29.8. The van der Waals surface area contributed by atoms with Gasteiger partial charge in [-0.2, -0.15) is 0 Å². The van der Waals surface area contributed by atoms with Gasteiger partial charge in [0.15, 0.2) is 5.58 Å². The van der Waals surface area contributed by atoms with Crippen LogP contribution in [0.4, 0.5) is 17.1 Å². The van der Waals surface area contributed by atoms with E-state index in [0.717, 1.165) is 88.8 Å². The van der Waals surface area contributed by atoms with E-state index in [9.17, 15) is 0 Å². The quantitative estimate of drug-likeness (QED) is 0.173. The Kier molecular flexibility index (Phi) is 7.17. The van der Waals surface area contributed by atoms with Crippen LogP contribution in [0.15, 0.2) is 209 Å². The number of hydrogen-bond acceptors (Lipinski definition) is 3. The topological polar surface area (TPSA) is 29.5 Å². The van der Waals surface area contributed by atoms with Crippen molar-refractivity contribution >= 4 is 71.7 Å². The lowest BCUT2D eigenvalue weighted by molar-refractivity contribution is 0.669. The second kappa shape index (κ2) is 12.6. The molecule has 3 heteroatoms. The van der Waals surface area contributed by atoms with Crippen LogP contribution >= 0.6 is 0 Å². The fraction of sp³-hybridized carbons (Fsp3) is 0. The zero-order chi connectivity index (χ0) is 36.3. The van der Waals surface area contributed by atoms with Gasteiger partial charge in [0.05, 0.1) is 5.69 Å². The van der Waals surface area contributed by atoms with Crippen LogP contribution in [0.1, 0.15) is 0 Å². The summed E-state index contributed by atoms with van der Waals surface area (Å²) in [5, 5.41) is 6.86. The first-order valence-electron chi connectivity index (χ1n) is 18.7. The Balaban J connectivity index is 1.14. The summed E-state index contributed by atoms with van der Waals surface area (Å²) in [7, 11) is 0. The molecule has 3 nitrogen and oxygen atoms in total. The number of fused-ring (bicyclic) bond motifs is 7. The molecule has 11 aromatic rings. The third-order valence-electron chi connectivity index (χ3n) is 10.9. The molecular formula is C52H33NO2. The molecule has 0 radical (unpaired) electrons. The highest BCUT2D eigenvalue weighted by Gasteiger charge is 2.22. The lowest BCUT2D eigenvalue weighted by Crippen LogP contribution is -2.10. The van der Waals surface area contributed by atoms with Crippen molar-refractivity contribution in [2.24, 2.45) is 0 Å². The average molecular weight is 704 g/mol. The molecule has 0 bridgehead atoms. The van der Waals surface area contributed by atoms with Crippen molar-refractivity contribution < 1.29 is 8.83 Å². The molecule has 0 aliphatic rings. The van der Waals surface area contributed by atoms with Crippen molar-refractivity contribution in [3.8, 4) is 33.4 Å². The summed E-state index contributed by atoms with van der Waals surface area (Å²) in [6.07, 6.45) is 0. The van der Waals surface area contributed by atoms with Gasteiger partial charge in [-0.3, -0.25) is 0 Å². The standard InChI is InChI=1S/C52H33NO2/c1-2-13-36(14-3-1)41-31-30-40(33-47(41)46-19-10-18-44-42-16-6-8-22-49(42)54-51(44)46)53(48-21-11-20-45-43-17-7-9-23-50(43)55-52(45)48)39-28-26-35(27-29-39)38-25-24-34-12-4-5-15-37(34)32-38/h1-33H. The highest BCUT2D eigenvalue weighted by molar-refractivity contribution is 6.12. The summed E-state index contributed by atoms with van der Waals surface area (Å²) < 4.78 is 13.3. The van der Waals surface area contributed by atoms with E-state index in [4.69, 9.17) is 8.83 Å². The normalized spacial score (nSPS) is 11.6. The summed E-state index contributed by atoms with van der Waals surface area (Å²) in [6, 6.07) is 70.9. The second-order valence-corrected chi connectivity index (χ2v) is 14.1. The average Bonchev–Trinajstić information content (AvgIpc) is 3.83. The number of nitrogens with zero attached hydrogens (tertiary/aromatic N) is 1. The Morgan fingerprint density at radius 2 is 0.909 bits per heavy atom. The minimum Gasteiger partial charge on any atom is -0.455 e. The van der Waals surface area contributed by atoms with Crippen molar-refractivity contribution in [3.05, 3.63) is 200 Å². The van der Waals surface area contributed by atoms with Crippen molar-refractivity contribution in [2.45, 2.75) is 0 Å². The van der Waals surface area contributed by atoms with Crippen molar-refractivity contribution in [1.82, 2.24) is 0 Å². The molecule has 0 N–H and O–H groups in total. The largest absolute Gasteiger partial charge is 0.455 e. The predicted molar refractivity (Wildman–Crippen MR) is 229 cm³/mol. The van der Waals surface area contributed by atoms with E-state index in [-0.39, 0.29) is 0 Å². The van der Waals surface area contributed by atoms with Gasteiger partial charge in [0.25, 0.3) is 0 Å². The summed E-state index contributed by atoms with van der Waals surface area (Å²) in [5.41, 5.74) is 13.2. The van der Waals surface area contributed by atoms with E-state index in [0.29, 0.717) is 0 Å². The molecule has 0 fully saturated rings. The van der Waals surface area contributed by atoms with Crippen LogP contribution < -0.4 is 4.90 Å². The van der Waals surface area contributed by atoms with Gasteiger partial charge in [0, 0.05) is 38.5 Å². The van der Waals surface area contributed by atoms with Gasteiger partial charge < -0.3 is 13.7 Å². The molecule has 11 rings (SSSR count). The first kappa shape index (κ1) is 31.2. The monoisotopic (exact) mass is 703 g/mol. The molecule has 0 amide bonds. The van der Waals surface area contributed by atoms with E-state index in [1.165, 1.54) is 16.3 Å². The number of anilines is 3. The van der Waals surface area contributed by atoms with Crippen LogP contribution in [0.3, 0.4) is 0 Å². The minimum atomic E-state index is 0.843. The molecule has 0 atom stereocenters. The fourth-order valence-corrected chi connectivity index (χ4v) is 8.23. The summed E-state index contributed by atoms with van der Waals surface area (Å²) in [6.45, 7) is 0. The SMILES string of the molecule is c1ccc(-c2ccc(N(c3ccc(-c4ccc5ccccc5c4)cc3)c3cccc4c3oc3ccccc34)cc2-c2cccc3c2oc2ccccc23)cc1. The molecule has 2 heterocycles. The lowest BCUT2D eigenvalue weighted by atomic mass is 9.92. The van der Waals surface area contributed by atoms with Crippen molar-refractivity contribution in [2.75, 3.05) is 4.90 Å². The smallest absolute Gasteiger partial charge is 0.159 e. The Morgan fingerprint density at radius 3 is 1.69 bits per heavy atom. The molecule has 55 heavy (non-hydrogen) atoms. The predicted octanol–water partition coefficient (Wildman–Crippen LogP) is 15.1. The number of furan rings is 2. The fourth-order valence-electron chi connectivity index (χ4n) is 8.23. The van der Waals surface area contributed by atoms with E-state index >= 15 is 0 Å². The molecule has 0 aliphatic heterocycles. The summed E-state index contributed by atoms with van der Waals surface area (Å²) >= 11 is 0. The van der Waals surface area contributed by atoms with Gasteiger partial charge in [-0.05, 0) is 87.1 Å². The Bertz CT molecular complexity index is 3210. The van der Waals surface area contributed by atoms with E-state index in [2.05, 4.69) is 181 Å². The van der Waals surface area contributed by atoms with Crippen LogP contribution in [0.2, 0.25) is 0 Å². The third-order valence-corrected chi connectivity index (χ3v) is 10.9. The maximum atomic E-state index is 6.68. The molecule has 0 spiro atoms. The zero-order valence-electron chi connectivity index (χ0n) is 29.8. The van der Waals surface area contributed by atoms with Crippen LogP contribution in [-0.4, -0.2) is 0 Å². The Labute approximate surface area is 317 Å². The van der Waals surface area contributed by atoms with E-state index in [1.54, 1.807) is 0 Å². The Hall–Kier alpha value is -7.36. The van der Waals surface area contributed by atoms with Crippen LogP contribution in [0.5, 0.6) is 0 Å². The highest BCUT2D eigenvalue weighted by atomic mass is 16.3. The van der Waals surface area contributed by atoms with Crippen molar-refractivity contribution in [1.29, 1.82) is 0 Å². The number of para-hydroxylation sites is 4. The molecule has 9 aromatic carbocycles. The van der Waals surface area contributed by atoms with Gasteiger partial charge in [-0.1, -0.05) is 152 Å². The molecule has 0 aliphatic carbocycles. The first-order chi connectivity index (χ1) is 27.3. The maximum absolute atomic E-state index is 6.68. The Morgan fingerprint density at radius 1 is 0.309 bits per heavy atom. The van der Waals surface area contributed by atoms with Gasteiger partial charge in [-0.25, -0.2) is 0 Å². The van der Waals surface area contributed by atoms with Crippen LogP contribution in [-0.2, 0) is 0 Å². The summed E-state index contributed by atoms with van der Waals surface area (Å²) in [5.74, 6) is 0. The maximum Gasteiger partial charge on any atom is 0.159 e. The molecule has 0 saturated heterocycles. The molecule has 258 valence electrons. The van der Waals surface area contributed by atoms with E-state index in [1.807, 2.05) is 24.3 Å². The number of hydrogen-bond donors (Lipinski definition) is 0. The molecule has 0 unspecified atom stereocenters. The minimum absolute atomic E-state index is 0.843. The lowest BCUT2D eigenvalue weighted by Gasteiger charge is -2.27. The van der Waals surface area contributed by atoms with Gasteiger partial charge in [0.1, 0.15) is 16.7 Å². The van der Waals surface area contributed by atoms with Gasteiger partial charge in [0.2, 0.25) is 0 Å². The first-order valence-corrected chi connectivity index (χ1v) is 18.7. The summed E-state index contributed by atoms with van der Waals surface area (Å²) in [4.78, 5) is 2.33. The molecule has 2 aromatic heterocycles. The third kappa shape index (κ3) is 5.20.